The second-order valence-electron chi connectivity index (χ2n) is 5.37. The van der Waals surface area contributed by atoms with Gasteiger partial charge < -0.3 is 14.6 Å². The van der Waals surface area contributed by atoms with E-state index in [0.717, 1.165) is 0 Å². The van der Waals surface area contributed by atoms with Crippen LogP contribution in [-0.4, -0.2) is 41.8 Å². The maximum Gasteiger partial charge on any atom is 0.275 e. The number of benzene rings is 1. The number of aromatic nitrogens is 1. The molecular weight excluding hydrogens is 318 g/mol. The Kier molecular flexibility index (Phi) is 4.34. The van der Waals surface area contributed by atoms with Crippen LogP contribution >= 0.6 is 11.6 Å². The lowest BCUT2D eigenvalue weighted by atomic mass is 10.1. The monoisotopic (exact) mass is 333 g/mol. The zero-order chi connectivity index (χ0) is 16.4. The number of halogens is 1. The molecule has 2 aromatic rings. The van der Waals surface area contributed by atoms with Crippen molar-refractivity contribution in [2.45, 2.75) is 6.42 Å². The van der Waals surface area contributed by atoms with Crippen LogP contribution in [0.1, 0.15) is 16.9 Å². The summed E-state index contributed by atoms with van der Waals surface area (Å²) in [5.74, 6) is -0.143. The van der Waals surface area contributed by atoms with Gasteiger partial charge in [0.15, 0.2) is 5.69 Å². The molecule has 1 aliphatic heterocycles. The highest BCUT2D eigenvalue weighted by Crippen LogP contribution is 2.27. The van der Waals surface area contributed by atoms with Gasteiger partial charge in [0.05, 0.1) is 16.5 Å². The molecule has 2 heterocycles. The van der Waals surface area contributed by atoms with Gasteiger partial charge in [-0.1, -0.05) is 23.7 Å². The minimum absolute atomic E-state index is 0.0443. The smallest absolute Gasteiger partial charge is 0.275 e. The van der Waals surface area contributed by atoms with Crippen molar-refractivity contribution in [1.29, 1.82) is 0 Å². The Labute approximate surface area is 138 Å². The van der Waals surface area contributed by atoms with Crippen molar-refractivity contribution in [3.63, 3.8) is 0 Å². The molecule has 0 radical (unpaired) electrons. The molecule has 3 rings (SSSR count). The largest absolute Gasteiger partial charge is 0.444 e. The highest BCUT2D eigenvalue weighted by molar-refractivity contribution is 6.33. The molecule has 0 aliphatic carbocycles. The average molecular weight is 334 g/mol. The van der Waals surface area contributed by atoms with Gasteiger partial charge >= 0.3 is 0 Å². The molecule has 1 fully saturated rings. The Bertz CT molecular complexity index is 744. The lowest BCUT2D eigenvalue weighted by molar-refractivity contribution is -0.124. The topological polar surface area (TPSA) is 75.4 Å². The first-order chi connectivity index (χ1) is 11.1. The fraction of sp³-hybridized carbons (Fsp3) is 0.312. The van der Waals surface area contributed by atoms with Crippen LogP contribution in [-0.2, 0) is 4.79 Å². The lowest BCUT2D eigenvalue weighted by Gasteiger charge is -2.14. The third-order valence-corrected chi connectivity index (χ3v) is 4.25. The van der Waals surface area contributed by atoms with E-state index in [-0.39, 0.29) is 23.4 Å². The molecule has 0 bridgehead atoms. The SMILES string of the molecule is CNC(=O)[C@H]1CCN(C(=O)c2coc(-c3ccccc3Cl)n2)C1. The standard InChI is InChI=1S/C16H16ClN3O3/c1-18-14(21)10-6-7-20(8-10)16(22)13-9-23-15(19-13)11-4-2-3-5-12(11)17/h2-5,9-10H,6-8H2,1H3,(H,18,21)/t10-/m0/s1. The number of nitrogens with one attached hydrogen (secondary N) is 1. The number of carbonyl (C=O) groups is 2. The molecule has 1 atom stereocenters. The predicted octanol–water partition coefficient (Wildman–Crippen LogP) is 2.20. The van der Waals surface area contributed by atoms with Crippen molar-refractivity contribution in [2.75, 3.05) is 20.1 Å². The van der Waals surface area contributed by atoms with E-state index in [9.17, 15) is 9.59 Å². The fourth-order valence-corrected chi connectivity index (χ4v) is 2.87. The summed E-state index contributed by atoms with van der Waals surface area (Å²) in [7, 11) is 1.60. The Morgan fingerprint density at radius 3 is 2.91 bits per heavy atom. The summed E-state index contributed by atoms with van der Waals surface area (Å²) in [5.41, 5.74) is 0.857. The van der Waals surface area contributed by atoms with E-state index in [1.54, 1.807) is 24.1 Å². The highest BCUT2D eigenvalue weighted by atomic mass is 35.5. The van der Waals surface area contributed by atoms with E-state index in [2.05, 4.69) is 10.3 Å². The molecule has 0 unspecified atom stereocenters. The third-order valence-electron chi connectivity index (χ3n) is 3.92. The first kappa shape index (κ1) is 15.6. The zero-order valence-corrected chi connectivity index (χ0v) is 13.3. The van der Waals surface area contributed by atoms with Gasteiger partial charge in [-0.3, -0.25) is 9.59 Å². The molecule has 0 saturated carbocycles. The maximum absolute atomic E-state index is 12.5. The number of carbonyl (C=O) groups excluding carboxylic acids is 2. The number of likely N-dealkylation sites (tertiary alicyclic amines) is 1. The van der Waals surface area contributed by atoms with Crippen LogP contribution in [0.15, 0.2) is 34.9 Å². The summed E-state index contributed by atoms with van der Waals surface area (Å²) in [6.45, 7) is 0.929. The number of hydrogen-bond donors (Lipinski definition) is 1. The van der Waals surface area contributed by atoms with Gasteiger partial charge in [0.1, 0.15) is 6.26 Å². The van der Waals surface area contributed by atoms with E-state index < -0.39 is 0 Å². The average Bonchev–Trinajstić information content (AvgIpc) is 3.23. The Balaban J connectivity index is 1.75. The summed E-state index contributed by atoms with van der Waals surface area (Å²) < 4.78 is 5.39. The van der Waals surface area contributed by atoms with Gasteiger partial charge in [-0.25, -0.2) is 4.98 Å². The second kappa shape index (κ2) is 6.42. The Hall–Kier alpha value is -2.34. The van der Waals surface area contributed by atoms with Crippen molar-refractivity contribution >= 4 is 23.4 Å². The van der Waals surface area contributed by atoms with E-state index in [4.69, 9.17) is 16.0 Å². The predicted molar refractivity (Wildman–Crippen MR) is 85.0 cm³/mol. The fourth-order valence-electron chi connectivity index (χ4n) is 2.66. The summed E-state index contributed by atoms with van der Waals surface area (Å²) in [6.07, 6.45) is 1.98. The van der Waals surface area contributed by atoms with Gasteiger partial charge in [0, 0.05) is 20.1 Å². The molecule has 1 aromatic heterocycles. The van der Waals surface area contributed by atoms with Crippen molar-refractivity contribution in [3.8, 4) is 11.5 Å². The molecule has 120 valence electrons. The summed E-state index contributed by atoms with van der Waals surface area (Å²) in [6, 6.07) is 7.14. The summed E-state index contributed by atoms with van der Waals surface area (Å²) in [4.78, 5) is 30.0. The quantitative estimate of drug-likeness (QED) is 0.934. The van der Waals surface area contributed by atoms with Crippen LogP contribution in [0.3, 0.4) is 0 Å². The van der Waals surface area contributed by atoms with Gasteiger partial charge in [-0.05, 0) is 18.6 Å². The Morgan fingerprint density at radius 1 is 1.39 bits per heavy atom. The number of oxazole rings is 1. The molecule has 1 aromatic carbocycles. The van der Waals surface area contributed by atoms with Crippen LogP contribution < -0.4 is 5.32 Å². The molecule has 1 saturated heterocycles. The molecule has 6 nitrogen and oxygen atoms in total. The first-order valence-corrected chi connectivity index (χ1v) is 7.69. The first-order valence-electron chi connectivity index (χ1n) is 7.31. The molecule has 23 heavy (non-hydrogen) atoms. The highest BCUT2D eigenvalue weighted by Gasteiger charge is 2.32. The lowest BCUT2D eigenvalue weighted by Crippen LogP contribution is -2.33. The maximum atomic E-state index is 12.5. The third kappa shape index (κ3) is 3.07. The van der Waals surface area contributed by atoms with Crippen molar-refractivity contribution in [1.82, 2.24) is 15.2 Å². The van der Waals surface area contributed by atoms with Crippen molar-refractivity contribution < 1.29 is 14.0 Å². The van der Waals surface area contributed by atoms with Gasteiger partial charge in [0.2, 0.25) is 11.8 Å². The van der Waals surface area contributed by atoms with Crippen LogP contribution in [0.5, 0.6) is 0 Å². The molecular formula is C16H16ClN3O3. The molecule has 2 amide bonds. The van der Waals surface area contributed by atoms with Gasteiger partial charge in [-0.2, -0.15) is 0 Å². The van der Waals surface area contributed by atoms with Crippen LogP contribution in [0.2, 0.25) is 5.02 Å². The molecule has 0 spiro atoms. The number of hydrogen-bond acceptors (Lipinski definition) is 4. The number of nitrogens with zero attached hydrogens (tertiary/aromatic N) is 2. The normalized spacial score (nSPS) is 17.3. The minimum atomic E-state index is -0.238. The van der Waals surface area contributed by atoms with Crippen LogP contribution in [0.4, 0.5) is 0 Å². The number of amides is 2. The Morgan fingerprint density at radius 2 is 2.17 bits per heavy atom. The van der Waals surface area contributed by atoms with Gasteiger partial charge in [0.25, 0.3) is 5.91 Å². The van der Waals surface area contributed by atoms with Crippen LogP contribution in [0, 0.1) is 5.92 Å². The van der Waals surface area contributed by atoms with Crippen molar-refractivity contribution in [2.24, 2.45) is 5.92 Å². The zero-order valence-electron chi connectivity index (χ0n) is 12.6. The summed E-state index contributed by atoms with van der Waals surface area (Å²) >= 11 is 6.10. The van der Waals surface area contributed by atoms with E-state index in [0.29, 0.717) is 36.0 Å². The molecule has 7 heteroatoms. The van der Waals surface area contributed by atoms with Gasteiger partial charge in [-0.15, -0.1) is 0 Å². The minimum Gasteiger partial charge on any atom is -0.444 e. The molecule has 1 N–H and O–H groups in total. The van der Waals surface area contributed by atoms with Crippen LogP contribution in [0.25, 0.3) is 11.5 Å². The van der Waals surface area contributed by atoms with E-state index in [1.165, 1.54) is 6.26 Å². The second-order valence-corrected chi connectivity index (χ2v) is 5.78. The molecule has 1 aliphatic rings. The van der Waals surface area contributed by atoms with E-state index in [1.807, 2.05) is 12.1 Å². The van der Waals surface area contributed by atoms with Crippen molar-refractivity contribution in [3.05, 3.63) is 41.2 Å². The summed E-state index contributed by atoms with van der Waals surface area (Å²) in [5, 5.41) is 3.12. The van der Waals surface area contributed by atoms with E-state index >= 15 is 0 Å². The number of rotatable bonds is 3.